The summed E-state index contributed by atoms with van der Waals surface area (Å²) in [6.45, 7) is 2.19. The van der Waals surface area contributed by atoms with Gasteiger partial charge in [-0.25, -0.2) is 9.50 Å². The number of piperidine rings is 1. The molecule has 3 N–H and O–H groups in total. The maximum Gasteiger partial charge on any atom is 0.613 e. The molecule has 0 saturated carbocycles. The molecule has 2 saturated heterocycles. The summed E-state index contributed by atoms with van der Waals surface area (Å²) in [7, 11) is -2.85. The number of nitrogens with two attached hydrogens (primary N) is 1. The van der Waals surface area contributed by atoms with Crippen LogP contribution in [-0.4, -0.2) is 100 Å². The van der Waals surface area contributed by atoms with Gasteiger partial charge in [-0.05, 0) is 55.5 Å². The van der Waals surface area contributed by atoms with Gasteiger partial charge in [0.15, 0.2) is 24.6 Å². The van der Waals surface area contributed by atoms with Gasteiger partial charge in [-0.2, -0.15) is 23.5 Å². The van der Waals surface area contributed by atoms with Crippen LogP contribution in [0.25, 0.3) is 5.52 Å². The number of anilines is 1. The first kappa shape index (κ1) is 35.9. The summed E-state index contributed by atoms with van der Waals surface area (Å²) in [5.41, 5.74) is 4.41. The predicted octanol–water partition coefficient (Wildman–Crippen LogP) is 1.98. The van der Waals surface area contributed by atoms with Crippen LogP contribution in [0.1, 0.15) is 45.4 Å². The van der Waals surface area contributed by atoms with Gasteiger partial charge in [0.2, 0.25) is 5.60 Å². The van der Waals surface area contributed by atoms with E-state index < -0.39 is 75.4 Å². The second-order valence-corrected chi connectivity index (χ2v) is 12.2. The molecule has 0 spiro atoms. The monoisotopic (exact) mass is 688 g/mol. The Bertz CT molecular complexity index is 1530. The Labute approximate surface area is 267 Å². The maximum atomic E-state index is 12.9. The molecule has 4 rings (SSSR count). The lowest BCUT2D eigenvalue weighted by molar-refractivity contribution is -0.166. The highest BCUT2D eigenvalue weighted by Crippen LogP contribution is 2.45. The first-order chi connectivity index (χ1) is 22.1. The number of aromatic nitrogens is 3. The normalized spacial score (nSPS) is 24.8. The third-order valence-electron chi connectivity index (χ3n) is 7.60. The van der Waals surface area contributed by atoms with Gasteiger partial charge < -0.3 is 24.7 Å². The Balaban J connectivity index is 1.40. The van der Waals surface area contributed by atoms with Crippen LogP contribution in [0.4, 0.5) is 19.0 Å². The molecule has 2 aliphatic heterocycles. The van der Waals surface area contributed by atoms with Gasteiger partial charge in [-0.1, -0.05) is 5.09 Å². The highest BCUT2D eigenvalue weighted by Gasteiger charge is 2.62. The average molecular weight is 689 g/mol. The molecule has 256 valence electrons. The van der Waals surface area contributed by atoms with E-state index in [0.717, 1.165) is 13.8 Å². The van der Waals surface area contributed by atoms with Crippen LogP contribution < -0.4 is 10.8 Å². The number of carbonyl (C=O) groups is 3. The fourth-order valence-corrected chi connectivity index (χ4v) is 6.19. The van der Waals surface area contributed by atoms with E-state index in [1.165, 1.54) is 22.7 Å². The van der Waals surface area contributed by atoms with E-state index in [1.54, 1.807) is 12.1 Å². The summed E-state index contributed by atoms with van der Waals surface area (Å²) < 4.78 is 79.7. The number of nitrogens with zero attached hydrogens (tertiary/aromatic N) is 5. The first-order valence-electron chi connectivity index (χ1n) is 14.5. The third kappa shape index (κ3) is 8.90. The van der Waals surface area contributed by atoms with Gasteiger partial charge in [0.25, 0.3) is 0 Å². The number of nitriles is 1. The number of hydrogen-bond donors (Lipinski definition) is 2. The van der Waals surface area contributed by atoms with Gasteiger partial charge in [0.1, 0.15) is 30.1 Å². The smallest absolute Gasteiger partial charge is 0.464 e. The summed E-state index contributed by atoms with van der Waals surface area (Å²) in [6, 6.07) is 3.86. The molecule has 20 heteroatoms. The lowest BCUT2D eigenvalue weighted by atomic mass is 9.95. The van der Waals surface area contributed by atoms with Crippen molar-refractivity contribution in [2.24, 2.45) is 5.92 Å². The van der Waals surface area contributed by atoms with Crippen molar-refractivity contribution in [2.75, 3.05) is 38.6 Å². The topological polar surface area (TPSA) is 210 Å². The first-order valence-corrected chi connectivity index (χ1v) is 15.6. The van der Waals surface area contributed by atoms with Crippen LogP contribution in [0.5, 0.6) is 0 Å². The van der Waals surface area contributed by atoms with E-state index in [4.69, 9.17) is 29.2 Å². The number of nitrogen functional groups attached to an aromatic ring is 1. The molecule has 0 amide bonds. The average Bonchev–Trinajstić information content (AvgIpc) is 3.54. The van der Waals surface area contributed by atoms with Crippen molar-refractivity contribution in [3.05, 3.63) is 24.2 Å². The Hall–Kier alpha value is -3.95. The Morgan fingerprint density at radius 3 is 2.53 bits per heavy atom. The Morgan fingerprint density at radius 2 is 1.91 bits per heavy atom. The van der Waals surface area contributed by atoms with Crippen molar-refractivity contribution >= 4 is 37.4 Å². The number of ether oxygens (including phenoxy) is 4. The minimum absolute atomic E-state index is 0.0261. The van der Waals surface area contributed by atoms with E-state index in [1.807, 2.05) is 6.07 Å². The van der Waals surface area contributed by atoms with Gasteiger partial charge >= 0.3 is 32.3 Å². The zero-order valence-electron chi connectivity index (χ0n) is 25.6. The predicted molar refractivity (Wildman–Crippen MR) is 153 cm³/mol. The lowest BCUT2D eigenvalue weighted by Crippen LogP contribution is -2.49. The number of alkyl halides is 3. The summed E-state index contributed by atoms with van der Waals surface area (Å²) in [4.78, 5) is 42.0. The van der Waals surface area contributed by atoms with E-state index in [0.29, 0.717) is 18.4 Å². The molecule has 2 aliphatic rings. The number of nitrogens with one attached hydrogen (secondary N) is 1. The number of esters is 3. The number of rotatable bonds is 12. The molecule has 0 bridgehead atoms. The zero-order chi connectivity index (χ0) is 34.5. The molecule has 2 aromatic heterocycles. The SMILES string of the molecule is CC(=O)O[C@H]1[C@H](c2ccc3c(N)ncnn23)O[C@](C#N)(CO[P+](=O)N[C@@H](C)C(=O)OCC2CCN(CC(F)(F)F)CC2)[C@H]1OC(C)=O. The maximum absolute atomic E-state index is 12.9. The molecular weight excluding hydrogens is 654 g/mol. The van der Waals surface area contributed by atoms with Gasteiger partial charge in [-0.3, -0.25) is 19.3 Å². The summed E-state index contributed by atoms with van der Waals surface area (Å²) in [5.74, 6) is -2.41. The molecule has 0 aliphatic carbocycles. The van der Waals surface area contributed by atoms with Gasteiger partial charge in [-0.15, -0.1) is 4.52 Å². The van der Waals surface area contributed by atoms with Crippen LogP contribution in [0.2, 0.25) is 0 Å². The van der Waals surface area contributed by atoms with Crippen molar-refractivity contribution < 1.29 is 55.6 Å². The number of carbonyl (C=O) groups excluding carboxylic acids is 3. The molecule has 47 heavy (non-hydrogen) atoms. The lowest BCUT2D eigenvalue weighted by Gasteiger charge is -2.32. The molecule has 0 aromatic carbocycles. The number of hydrogen-bond acceptors (Lipinski definition) is 14. The molecule has 2 aromatic rings. The van der Waals surface area contributed by atoms with Crippen LogP contribution in [0, 0.1) is 17.2 Å². The number of halogens is 3. The third-order valence-corrected chi connectivity index (χ3v) is 8.56. The van der Waals surface area contributed by atoms with Crippen molar-refractivity contribution in [1.29, 1.82) is 5.26 Å². The number of likely N-dealkylation sites (tertiary alicyclic amines) is 1. The van der Waals surface area contributed by atoms with Crippen LogP contribution in [0.15, 0.2) is 18.5 Å². The van der Waals surface area contributed by atoms with E-state index >= 15 is 0 Å². The van der Waals surface area contributed by atoms with E-state index in [-0.39, 0.29) is 37.1 Å². The van der Waals surface area contributed by atoms with Crippen molar-refractivity contribution in [3.63, 3.8) is 0 Å². The molecular formula is C27H34F3N7O9P+. The van der Waals surface area contributed by atoms with Crippen molar-refractivity contribution in [3.8, 4) is 6.07 Å². The van der Waals surface area contributed by atoms with E-state index in [9.17, 15) is 37.4 Å². The number of fused-ring (bicyclic) bond motifs is 1. The summed E-state index contributed by atoms with van der Waals surface area (Å²) >= 11 is 0. The standard InChI is InChI=1S/C27H34F3N7O9P/c1-15(25(40)42-10-18-6-8-36(9-7-18)12-27(28,29)30)35-47(41)43-13-26(11-31)23(45-17(3)39)22(44-16(2)38)21(46-26)19-4-5-20-24(32)33-14-34-37(19)20/h4-5,14-15,18,21-23H,6-10,12-13H2,1-3H3,(H,35,41)(H2,32,33,34)/q+1/t15-,21-,22-,23-,26+/m0/s1. The Morgan fingerprint density at radius 1 is 1.23 bits per heavy atom. The van der Waals surface area contributed by atoms with E-state index in [2.05, 4.69) is 15.2 Å². The highest BCUT2D eigenvalue weighted by atomic mass is 31.1. The quantitative estimate of drug-likeness (QED) is 0.186. The minimum atomic E-state index is -4.29. The van der Waals surface area contributed by atoms with Crippen LogP contribution in [-0.2, 0) is 42.4 Å². The molecule has 4 heterocycles. The minimum Gasteiger partial charge on any atom is -0.464 e. The summed E-state index contributed by atoms with van der Waals surface area (Å²) in [5, 5.41) is 16.8. The Kier molecular flexibility index (Phi) is 11.4. The molecule has 1 unspecified atom stereocenters. The zero-order valence-corrected chi connectivity index (χ0v) is 26.5. The van der Waals surface area contributed by atoms with Crippen molar-refractivity contribution in [1.82, 2.24) is 24.6 Å². The van der Waals surface area contributed by atoms with Crippen LogP contribution >= 0.6 is 8.18 Å². The molecule has 16 nitrogen and oxygen atoms in total. The fourth-order valence-electron chi connectivity index (χ4n) is 5.39. The second-order valence-electron chi connectivity index (χ2n) is 11.2. The second kappa shape index (κ2) is 14.9. The fraction of sp³-hybridized carbons (Fsp3) is 0.630. The molecule has 0 radical (unpaired) electrons. The van der Waals surface area contributed by atoms with Gasteiger partial charge in [0, 0.05) is 13.8 Å². The van der Waals surface area contributed by atoms with Crippen molar-refractivity contribution in [2.45, 2.75) is 69.7 Å². The molecule has 6 atom stereocenters. The summed E-state index contributed by atoms with van der Waals surface area (Å²) in [6.07, 6.45) is -6.47. The van der Waals surface area contributed by atoms with Crippen LogP contribution in [0.3, 0.4) is 0 Å². The van der Waals surface area contributed by atoms with Gasteiger partial charge in [0.05, 0.1) is 18.8 Å². The highest BCUT2D eigenvalue weighted by molar-refractivity contribution is 7.36. The largest absolute Gasteiger partial charge is 0.613 e. The molecule has 2 fully saturated rings.